The van der Waals surface area contributed by atoms with Gasteiger partial charge in [0.05, 0.1) is 6.61 Å². The van der Waals surface area contributed by atoms with Crippen molar-refractivity contribution in [3.8, 4) is 0 Å². The number of ether oxygens (including phenoxy) is 1. The number of rotatable bonds is 1. The predicted octanol–water partition coefficient (Wildman–Crippen LogP) is 0.0936. The van der Waals surface area contributed by atoms with E-state index in [1.54, 1.807) is 6.92 Å². The van der Waals surface area contributed by atoms with E-state index < -0.39 is 12.2 Å². The molecule has 0 saturated heterocycles. The van der Waals surface area contributed by atoms with Gasteiger partial charge in [-0.1, -0.05) is 0 Å². The highest BCUT2D eigenvalue weighted by atomic mass is 16.5. The van der Waals surface area contributed by atoms with Crippen molar-refractivity contribution in [3.63, 3.8) is 0 Å². The molecule has 0 fully saturated rings. The molecule has 1 aliphatic heterocycles. The van der Waals surface area contributed by atoms with Crippen LogP contribution in [0, 0.1) is 0 Å². The zero-order chi connectivity index (χ0) is 7.72. The number of aliphatic hydroxyl groups is 3. The van der Waals surface area contributed by atoms with Crippen LogP contribution in [0.4, 0.5) is 0 Å². The van der Waals surface area contributed by atoms with E-state index in [0.717, 1.165) is 0 Å². The Morgan fingerprint density at radius 1 is 1.40 bits per heavy atom. The van der Waals surface area contributed by atoms with Crippen LogP contribution in [0.1, 0.15) is 6.92 Å². The molecule has 0 amide bonds. The van der Waals surface area contributed by atoms with Gasteiger partial charge in [-0.3, -0.25) is 0 Å². The molecule has 4 heteroatoms. The molecular formula is C6H10O4. The quantitative estimate of drug-likeness (QED) is 0.490. The molecule has 1 heterocycles. The molecule has 0 aromatic heterocycles. The Hall–Kier alpha value is -0.740. The Bertz CT molecular complexity index is 163. The molecule has 3 N–H and O–H groups in total. The van der Waals surface area contributed by atoms with Gasteiger partial charge in [-0.25, -0.2) is 0 Å². The maximum atomic E-state index is 8.97. The average molecular weight is 146 g/mol. The van der Waals surface area contributed by atoms with Gasteiger partial charge in [-0.05, 0) is 6.92 Å². The Morgan fingerprint density at radius 2 is 2.00 bits per heavy atom. The van der Waals surface area contributed by atoms with Crippen molar-refractivity contribution in [3.05, 3.63) is 11.5 Å². The molecular weight excluding hydrogens is 136 g/mol. The molecule has 0 spiro atoms. The minimum Gasteiger partial charge on any atom is -0.506 e. The van der Waals surface area contributed by atoms with Crippen molar-refractivity contribution in [2.45, 2.75) is 19.1 Å². The molecule has 1 aliphatic rings. The molecule has 2 atom stereocenters. The first-order valence-electron chi connectivity index (χ1n) is 3.05. The van der Waals surface area contributed by atoms with Gasteiger partial charge < -0.3 is 20.1 Å². The Balaban J connectivity index is 2.73. The van der Waals surface area contributed by atoms with Crippen LogP contribution in [0.5, 0.6) is 0 Å². The molecule has 0 bridgehead atoms. The summed E-state index contributed by atoms with van der Waals surface area (Å²) in [7, 11) is 0. The fourth-order valence-electron chi connectivity index (χ4n) is 0.878. The first-order valence-corrected chi connectivity index (χ1v) is 3.05. The van der Waals surface area contributed by atoms with E-state index in [0.29, 0.717) is 0 Å². The van der Waals surface area contributed by atoms with Gasteiger partial charge in [0.15, 0.2) is 11.5 Å². The van der Waals surface area contributed by atoms with Gasteiger partial charge in [0.25, 0.3) is 0 Å². The van der Waals surface area contributed by atoms with Gasteiger partial charge in [-0.2, -0.15) is 0 Å². The van der Waals surface area contributed by atoms with E-state index in [2.05, 4.69) is 0 Å². The number of hydrogen-bond donors (Lipinski definition) is 3. The molecule has 0 aromatic rings. The summed E-state index contributed by atoms with van der Waals surface area (Å²) in [6, 6.07) is 0. The highest BCUT2D eigenvalue weighted by molar-refractivity contribution is 5.13. The maximum Gasteiger partial charge on any atom is 0.164 e. The van der Waals surface area contributed by atoms with E-state index in [4.69, 9.17) is 20.1 Å². The fourth-order valence-corrected chi connectivity index (χ4v) is 0.878. The topological polar surface area (TPSA) is 69.9 Å². The summed E-state index contributed by atoms with van der Waals surface area (Å²) >= 11 is 0. The summed E-state index contributed by atoms with van der Waals surface area (Å²) in [5, 5.41) is 26.5. The molecule has 0 radical (unpaired) electrons. The van der Waals surface area contributed by atoms with Crippen molar-refractivity contribution in [1.82, 2.24) is 0 Å². The summed E-state index contributed by atoms with van der Waals surface area (Å²) < 4.78 is 4.91. The SMILES string of the molecule is C[C@H]1O[C@@H](CO)C(O)=C1O. The highest BCUT2D eigenvalue weighted by Crippen LogP contribution is 2.22. The van der Waals surface area contributed by atoms with Gasteiger partial charge in [-0.15, -0.1) is 0 Å². The van der Waals surface area contributed by atoms with Crippen LogP contribution >= 0.6 is 0 Å². The number of aliphatic hydroxyl groups excluding tert-OH is 3. The van der Waals surface area contributed by atoms with E-state index in [1.807, 2.05) is 0 Å². The molecule has 10 heavy (non-hydrogen) atoms. The molecule has 0 unspecified atom stereocenters. The zero-order valence-electron chi connectivity index (χ0n) is 5.61. The Labute approximate surface area is 58.4 Å². The van der Waals surface area contributed by atoms with Crippen molar-refractivity contribution in [2.24, 2.45) is 0 Å². The second-order valence-electron chi connectivity index (χ2n) is 2.22. The van der Waals surface area contributed by atoms with Gasteiger partial charge in [0, 0.05) is 0 Å². The van der Waals surface area contributed by atoms with Crippen LogP contribution in [0.3, 0.4) is 0 Å². The Morgan fingerprint density at radius 3 is 2.20 bits per heavy atom. The second kappa shape index (κ2) is 2.48. The molecule has 0 saturated carbocycles. The maximum absolute atomic E-state index is 8.97. The van der Waals surface area contributed by atoms with Gasteiger partial charge in [0.1, 0.15) is 12.2 Å². The molecule has 4 nitrogen and oxygen atoms in total. The summed E-state index contributed by atoms with van der Waals surface area (Å²) in [4.78, 5) is 0. The third-order valence-electron chi connectivity index (χ3n) is 1.49. The highest BCUT2D eigenvalue weighted by Gasteiger charge is 2.31. The van der Waals surface area contributed by atoms with Crippen LogP contribution in [-0.4, -0.2) is 34.1 Å². The fraction of sp³-hybridized carbons (Fsp3) is 0.667. The first kappa shape index (κ1) is 7.37. The van der Waals surface area contributed by atoms with Crippen LogP contribution in [0.25, 0.3) is 0 Å². The van der Waals surface area contributed by atoms with E-state index >= 15 is 0 Å². The Kier molecular flexibility index (Phi) is 1.82. The van der Waals surface area contributed by atoms with Crippen molar-refractivity contribution >= 4 is 0 Å². The van der Waals surface area contributed by atoms with Crippen molar-refractivity contribution in [2.75, 3.05) is 6.61 Å². The van der Waals surface area contributed by atoms with E-state index in [1.165, 1.54) is 0 Å². The van der Waals surface area contributed by atoms with Crippen molar-refractivity contribution < 1.29 is 20.1 Å². The van der Waals surface area contributed by atoms with Crippen molar-refractivity contribution in [1.29, 1.82) is 0 Å². The summed E-state index contributed by atoms with van der Waals surface area (Å²) in [5.41, 5.74) is 0. The van der Waals surface area contributed by atoms with Crippen LogP contribution in [0.2, 0.25) is 0 Å². The van der Waals surface area contributed by atoms with Crippen LogP contribution < -0.4 is 0 Å². The third kappa shape index (κ3) is 0.955. The minimum absolute atomic E-state index is 0.181. The monoisotopic (exact) mass is 146 g/mol. The molecule has 1 rings (SSSR count). The summed E-state index contributed by atoms with van der Waals surface area (Å²) in [5.74, 6) is -0.436. The van der Waals surface area contributed by atoms with E-state index in [-0.39, 0.29) is 18.1 Å². The standard InChI is InChI=1S/C6H10O4/c1-3-5(8)6(9)4(2-7)10-3/h3-4,7-9H,2H2,1H3/t3-,4+/m1/s1. The lowest BCUT2D eigenvalue weighted by atomic mass is 10.3. The molecule has 58 valence electrons. The van der Waals surface area contributed by atoms with E-state index in [9.17, 15) is 0 Å². The lowest BCUT2D eigenvalue weighted by molar-refractivity contribution is 0.00626. The average Bonchev–Trinajstić information content (AvgIpc) is 2.17. The summed E-state index contributed by atoms with van der Waals surface area (Å²) in [6.07, 6.45) is -1.24. The lowest BCUT2D eigenvalue weighted by Gasteiger charge is -2.06. The normalized spacial score (nSPS) is 33.4. The largest absolute Gasteiger partial charge is 0.506 e. The smallest absolute Gasteiger partial charge is 0.164 e. The first-order chi connectivity index (χ1) is 4.66. The molecule has 0 aliphatic carbocycles. The van der Waals surface area contributed by atoms with Crippen LogP contribution in [0.15, 0.2) is 11.5 Å². The van der Waals surface area contributed by atoms with Gasteiger partial charge in [0.2, 0.25) is 0 Å². The zero-order valence-corrected chi connectivity index (χ0v) is 5.61. The van der Waals surface area contributed by atoms with Crippen LogP contribution in [-0.2, 0) is 4.74 Å². The molecule has 0 aromatic carbocycles. The minimum atomic E-state index is -0.741. The van der Waals surface area contributed by atoms with Gasteiger partial charge >= 0.3 is 0 Å². The summed E-state index contributed by atoms with van der Waals surface area (Å²) in [6.45, 7) is 1.29. The number of hydrogen-bond acceptors (Lipinski definition) is 4. The predicted molar refractivity (Wildman–Crippen MR) is 33.7 cm³/mol. The second-order valence-corrected chi connectivity index (χ2v) is 2.22. The lowest BCUT2D eigenvalue weighted by Crippen LogP contribution is -2.16. The third-order valence-corrected chi connectivity index (χ3v) is 1.49.